The van der Waals surface area contributed by atoms with Gasteiger partial charge in [0.25, 0.3) is 0 Å². The van der Waals surface area contributed by atoms with Crippen molar-refractivity contribution in [2.24, 2.45) is 0 Å². The van der Waals surface area contributed by atoms with Crippen LogP contribution in [0.5, 0.6) is 11.5 Å². The zero-order chi connectivity index (χ0) is 36.3. The maximum Gasteiger partial charge on any atom is 0.123 e. The van der Waals surface area contributed by atoms with Gasteiger partial charge in [0.1, 0.15) is 11.5 Å². The first-order chi connectivity index (χ1) is 22.6. The highest BCUT2D eigenvalue weighted by molar-refractivity contribution is 5.97. The number of benzene rings is 5. The van der Waals surface area contributed by atoms with Crippen molar-refractivity contribution in [1.29, 1.82) is 0 Å². The maximum atomic E-state index is 11.5. The van der Waals surface area contributed by atoms with E-state index in [0.29, 0.717) is 11.5 Å². The Balaban J connectivity index is 1.82. The molecule has 0 aliphatic carbocycles. The van der Waals surface area contributed by atoms with E-state index in [-0.39, 0.29) is 21.7 Å². The highest BCUT2D eigenvalue weighted by atomic mass is 16.3. The molecule has 2 nitrogen and oxygen atoms in total. The van der Waals surface area contributed by atoms with Crippen molar-refractivity contribution in [2.45, 2.75) is 112 Å². The van der Waals surface area contributed by atoms with Crippen LogP contribution in [0.15, 0.2) is 91.0 Å². The number of hydrogen-bond acceptors (Lipinski definition) is 2. The van der Waals surface area contributed by atoms with E-state index in [4.69, 9.17) is 0 Å². The number of phenols is 2. The summed E-state index contributed by atoms with van der Waals surface area (Å²) in [5.41, 5.74) is 13.2. The van der Waals surface area contributed by atoms with Crippen molar-refractivity contribution in [2.75, 3.05) is 0 Å². The minimum Gasteiger partial charge on any atom is -0.507 e. The molecule has 5 aromatic carbocycles. The number of rotatable bonds is 4. The SMILES string of the molecule is Cc1cccc(-c2ccccc2-c2cc(C(C)(C)C)c(O)c(C(C)(C)C)c2)c1-c1ccccc1-c1cc(C(C)(C)C)c(O)c(C(C)(C)C)c1. The third-order valence-electron chi connectivity index (χ3n) is 9.76. The molecule has 2 N–H and O–H groups in total. The molecular weight excluding hydrogens is 597 g/mol. The van der Waals surface area contributed by atoms with Gasteiger partial charge < -0.3 is 10.2 Å². The molecule has 2 heteroatoms. The Hall–Kier alpha value is -4.30. The fraction of sp³-hybridized carbons (Fsp3) is 0.362. The minimum atomic E-state index is -0.232. The van der Waals surface area contributed by atoms with Crippen LogP contribution in [0.1, 0.15) is 111 Å². The molecule has 5 aromatic rings. The topological polar surface area (TPSA) is 40.5 Å². The first-order valence-corrected chi connectivity index (χ1v) is 17.7. The van der Waals surface area contributed by atoms with Crippen LogP contribution < -0.4 is 0 Å². The monoisotopic (exact) mass is 652 g/mol. The average Bonchev–Trinajstić information content (AvgIpc) is 2.99. The summed E-state index contributed by atoms with van der Waals surface area (Å²) < 4.78 is 0. The van der Waals surface area contributed by atoms with Crippen molar-refractivity contribution in [3.63, 3.8) is 0 Å². The number of phenolic OH excluding ortho intramolecular Hbond substituents is 2. The first kappa shape index (κ1) is 36.0. The van der Waals surface area contributed by atoms with Crippen LogP contribution >= 0.6 is 0 Å². The van der Waals surface area contributed by atoms with Gasteiger partial charge in [-0.1, -0.05) is 150 Å². The Bertz CT molecular complexity index is 1940. The van der Waals surface area contributed by atoms with Crippen LogP contribution in [-0.2, 0) is 21.7 Å². The van der Waals surface area contributed by atoms with Gasteiger partial charge in [0.15, 0.2) is 0 Å². The van der Waals surface area contributed by atoms with Gasteiger partial charge in [-0.3, -0.25) is 0 Å². The lowest BCUT2D eigenvalue weighted by molar-refractivity contribution is 0.422. The summed E-state index contributed by atoms with van der Waals surface area (Å²) in [5.74, 6) is 0.787. The Kier molecular flexibility index (Phi) is 9.21. The standard InChI is InChI=1S/C47H56O2/c1-29-19-18-24-36(34-22-16-14-20-32(34)30-25-37(44(2,3)4)42(48)38(26-30)45(5,6)7)41(29)35-23-17-15-21-33(35)31-27-39(46(8,9)10)43(49)40(28-31)47(11,12)13/h14-28,48-49H,1-13H3. The molecule has 0 unspecified atom stereocenters. The van der Waals surface area contributed by atoms with Gasteiger partial charge in [-0.2, -0.15) is 0 Å². The summed E-state index contributed by atoms with van der Waals surface area (Å²) >= 11 is 0. The second-order valence-electron chi connectivity index (χ2n) is 17.9. The van der Waals surface area contributed by atoms with E-state index in [0.717, 1.165) is 61.2 Å². The van der Waals surface area contributed by atoms with E-state index in [9.17, 15) is 10.2 Å². The lowest BCUT2D eigenvalue weighted by atomic mass is 9.76. The van der Waals surface area contributed by atoms with Gasteiger partial charge in [0, 0.05) is 22.3 Å². The van der Waals surface area contributed by atoms with E-state index in [2.05, 4.69) is 181 Å². The van der Waals surface area contributed by atoms with Gasteiger partial charge in [-0.15, -0.1) is 0 Å². The molecule has 0 aliphatic rings. The summed E-state index contributed by atoms with van der Waals surface area (Å²) in [7, 11) is 0. The Morgan fingerprint density at radius 1 is 0.367 bits per heavy atom. The van der Waals surface area contributed by atoms with E-state index < -0.39 is 0 Å². The van der Waals surface area contributed by atoms with Crippen LogP contribution in [0.3, 0.4) is 0 Å². The lowest BCUT2D eigenvalue weighted by Crippen LogP contribution is -2.17. The van der Waals surface area contributed by atoms with Crippen LogP contribution in [0.2, 0.25) is 0 Å². The first-order valence-electron chi connectivity index (χ1n) is 17.7. The second-order valence-corrected chi connectivity index (χ2v) is 17.9. The quantitative estimate of drug-likeness (QED) is 0.203. The fourth-order valence-electron chi connectivity index (χ4n) is 7.04. The molecule has 5 rings (SSSR count). The molecule has 0 saturated heterocycles. The van der Waals surface area contributed by atoms with E-state index >= 15 is 0 Å². The minimum absolute atomic E-state index is 0.232. The maximum absolute atomic E-state index is 11.5. The van der Waals surface area contributed by atoms with Crippen LogP contribution in [0, 0.1) is 6.92 Å². The fourth-order valence-corrected chi connectivity index (χ4v) is 7.04. The summed E-state index contributed by atoms with van der Waals surface area (Å²) in [6.45, 7) is 28.2. The van der Waals surface area contributed by atoms with Crippen LogP contribution in [0.25, 0.3) is 44.5 Å². The molecule has 256 valence electrons. The molecule has 0 aromatic heterocycles. The van der Waals surface area contributed by atoms with Crippen molar-refractivity contribution >= 4 is 0 Å². The molecule has 49 heavy (non-hydrogen) atoms. The number of aromatic hydroxyl groups is 2. The summed E-state index contributed by atoms with van der Waals surface area (Å²) in [6.07, 6.45) is 0. The summed E-state index contributed by atoms with van der Waals surface area (Å²) in [5, 5.41) is 23.1. The molecule has 0 fully saturated rings. The second kappa shape index (κ2) is 12.5. The molecule has 0 spiro atoms. The molecule has 0 heterocycles. The zero-order valence-electron chi connectivity index (χ0n) is 32.1. The van der Waals surface area contributed by atoms with E-state index in [1.807, 2.05) is 0 Å². The molecule has 0 atom stereocenters. The Morgan fingerprint density at radius 3 is 1.04 bits per heavy atom. The molecule has 0 radical (unpaired) electrons. The molecule has 0 aliphatic heterocycles. The normalized spacial score (nSPS) is 12.8. The van der Waals surface area contributed by atoms with Gasteiger partial charge in [0.05, 0.1) is 0 Å². The summed E-state index contributed by atoms with van der Waals surface area (Å²) in [4.78, 5) is 0. The Morgan fingerprint density at radius 2 is 0.673 bits per heavy atom. The molecule has 0 bridgehead atoms. The highest BCUT2D eigenvalue weighted by Gasteiger charge is 2.29. The van der Waals surface area contributed by atoms with Gasteiger partial charge >= 0.3 is 0 Å². The van der Waals surface area contributed by atoms with Crippen LogP contribution in [-0.4, -0.2) is 10.2 Å². The summed E-state index contributed by atoms with van der Waals surface area (Å²) in [6, 6.07) is 32.7. The molecule has 0 saturated carbocycles. The predicted molar refractivity (Wildman–Crippen MR) is 211 cm³/mol. The van der Waals surface area contributed by atoms with Gasteiger partial charge in [0.2, 0.25) is 0 Å². The highest BCUT2D eigenvalue weighted by Crippen LogP contribution is 2.48. The predicted octanol–water partition coefficient (Wildman–Crippen LogP) is 13.3. The Labute approximate surface area is 295 Å². The van der Waals surface area contributed by atoms with E-state index in [1.54, 1.807) is 0 Å². The molecule has 0 amide bonds. The third-order valence-corrected chi connectivity index (χ3v) is 9.76. The zero-order valence-corrected chi connectivity index (χ0v) is 32.1. The third kappa shape index (κ3) is 7.07. The van der Waals surface area contributed by atoms with Gasteiger partial charge in [-0.25, -0.2) is 0 Å². The number of hydrogen-bond donors (Lipinski definition) is 2. The molecular formula is C47H56O2. The van der Waals surface area contributed by atoms with E-state index in [1.165, 1.54) is 11.1 Å². The largest absolute Gasteiger partial charge is 0.507 e. The number of aryl methyl sites for hydroxylation is 1. The average molecular weight is 653 g/mol. The van der Waals surface area contributed by atoms with Crippen molar-refractivity contribution < 1.29 is 10.2 Å². The van der Waals surface area contributed by atoms with Crippen molar-refractivity contribution in [1.82, 2.24) is 0 Å². The van der Waals surface area contributed by atoms with Crippen molar-refractivity contribution in [3.8, 4) is 56.0 Å². The smallest absolute Gasteiger partial charge is 0.123 e. The van der Waals surface area contributed by atoms with Crippen LogP contribution in [0.4, 0.5) is 0 Å². The van der Waals surface area contributed by atoms with Gasteiger partial charge in [-0.05, 0) is 103 Å². The van der Waals surface area contributed by atoms with Crippen molar-refractivity contribution in [3.05, 3.63) is 119 Å². The lowest BCUT2D eigenvalue weighted by Gasteiger charge is -2.29.